The van der Waals surface area contributed by atoms with Crippen molar-refractivity contribution in [2.45, 2.75) is 18.9 Å². The van der Waals surface area contributed by atoms with Gasteiger partial charge in [-0.3, -0.25) is 4.99 Å². The van der Waals surface area contributed by atoms with E-state index in [2.05, 4.69) is 75.1 Å². The van der Waals surface area contributed by atoms with Gasteiger partial charge in [0, 0.05) is 51.9 Å². The standard InChI is InChI=1S/C22H30N4O.HI/c1-23-22(26-14-12-20(17-26)19-6-4-3-5-7-19)25-16-18-8-10-21(11-9-18)24-13-15-27-2;/h3-11,20,24H,12-17H2,1-2H3,(H,23,25);1H. The first-order valence-electron chi connectivity index (χ1n) is 9.62. The molecule has 28 heavy (non-hydrogen) atoms. The number of methoxy groups -OCH3 is 1. The third kappa shape index (κ3) is 6.38. The lowest BCUT2D eigenvalue weighted by Crippen LogP contribution is -2.39. The van der Waals surface area contributed by atoms with Crippen molar-refractivity contribution in [1.82, 2.24) is 10.2 Å². The van der Waals surface area contributed by atoms with E-state index < -0.39 is 0 Å². The average Bonchev–Trinajstić information content (AvgIpc) is 3.20. The van der Waals surface area contributed by atoms with Gasteiger partial charge in [-0.15, -0.1) is 24.0 Å². The van der Waals surface area contributed by atoms with Crippen LogP contribution < -0.4 is 10.6 Å². The van der Waals surface area contributed by atoms with Crippen molar-refractivity contribution in [3.05, 3.63) is 65.7 Å². The van der Waals surface area contributed by atoms with Gasteiger partial charge in [0.1, 0.15) is 0 Å². The molecule has 1 unspecified atom stereocenters. The molecule has 1 fully saturated rings. The lowest BCUT2D eigenvalue weighted by Gasteiger charge is -2.22. The maximum atomic E-state index is 5.06. The summed E-state index contributed by atoms with van der Waals surface area (Å²) >= 11 is 0. The molecule has 1 atom stereocenters. The van der Waals surface area contributed by atoms with Gasteiger partial charge >= 0.3 is 0 Å². The molecule has 1 aliphatic heterocycles. The molecule has 1 heterocycles. The Labute approximate surface area is 185 Å². The van der Waals surface area contributed by atoms with E-state index >= 15 is 0 Å². The summed E-state index contributed by atoms with van der Waals surface area (Å²) in [6.07, 6.45) is 1.17. The summed E-state index contributed by atoms with van der Waals surface area (Å²) in [5, 5.41) is 6.84. The van der Waals surface area contributed by atoms with Crippen LogP contribution in [-0.4, -0.2) is 51.3 Å². The highest BCUT2D eigenvalue weighted by atomic mass is 127. The number of hydrogen-bond acceptors (Lipinski definition) is 3. The average molecular weight is 494 g/mol. The number of aliphatic imine (C=N–C) groups is 1. The Hall–Kier alpha value is -1.80. The Morgan fingerprint density at radius 1 is 1.14 bits per heavy atom. The fraction of sp³-hybridized carbons (Fsp3) is 0.409. The van der Waals surface area contributed by atoms with Crippen molar-refractivity contribution in [2.75, 3.05) is 45.7 Å². The number of nitrogens with zero attached hydrogens (tertiary/aromatic N) is 2. The van der Waals surface area contributed by atoms with Crippen LogP contribution in [0.5, 0.6) is 0 Å². The first-order valence-corrected chi connectivity index (χ1v) is 9.62. The van der Waals surface area contributed by atoms with Crippen molar-refractivity contribution in [3.63, 3.8) is 0 Å². The number of guanidine groups is 1. The molecule has 0 saturated carbocycles. The van der Waals surface area contributed by atoms with E-state index in [4.69, 9.17) is 4.74 Å². The fourth-order valence-electron chi connectivity index (χ4n) is 3.50. The van der Waals surface area contributed by atoms with Gasteiger partial charge in [0.05, 0.1) is 6.61 Å². The summed E-state index contributed by atoms with van der Waals surface area (Å²) in [7, 11) is 3.58. The molecule has 152 valence electrons. The van der Waals surface area contributed by atoms with Crippen LogP contribution >= 0.6 is 24.0 Å². The molecule has 6 heteroatoms. The number of rotatable bonds is 7. The summed E-state index contributed by atoms with van der Waals surface area (Å²) < 4.78 is 5.06. The van der Waals surface area contributed by atoms with Crippen LogP contribution in [0.25, 0.3) is 0 Å². The number of halogens is 1. The minimum Gasteiger partial charge on any atom is -0.383 e. The van der Waals surface area contributed by atoms with Gasteiger partial charge in [-0.2, -0.15) is 0 Å². The van der Waals surface area contributed by atoms with Crippen molar-refractivity contribution < 1.29 is 4.74 Å². The van der Waals surface area contributed by atoms with Gasteiger partial charge in [0.2, 0.25) is 0 Å². The Balaban J connectivity index is 0.00000280. The molecule has 0 aliphatic carbocycles. The van der Waals surface area contributed by atoms with Crippen molar-refractivity contribution in [1.29, 1.82) is 0 Å². The van der Waals surface area contributed by atoms with Crippen LogP contribution in [-0.2, 0) is 11.3 Å². The van der Waals surface area contributed by atoms with Crippen LogP contribution in [0.3, 0.4) is 0 Å². The van der Waals surface area contributed by atoms with Crippen LogP contribution in [0.15, 0.2) is 59.6 Å². The summed E-state index contributed by atoms with van der Waals surface area (Å²) in [6.45, 7) is 4.36. The van der Waals surface area contributed by atoms with E-state index in [-0.39, 0.29) is 24.0 Å². The SMILES string of the molecule is CN=C(NCc1ccc(NCCOC)cc1)N1CCC(c2ccccc2)C1.I. The Morgan fingerprint density at radius 2 is 1.89 bits per heavy atom. The molecule has 2 aromatic rings. The Kier molecular flexibility index (Phi) is 9.57. The second-order valence-electron chi connectivity index (χ2n) is 6.86. The molecule has 1 aliphatic rings. The van der Waals surface area contributed by atoms with Gasteiger partial charge in [0.25, 0.3) is 0 Å². The van der Waals surface area contributed by atoms with Gasteiger partial charge < -0.3 is 20.3 Å². The minimum atomic E-state index is 0. The quantitative estimate of drug-likeness (QED) is 0.265. The van der Waals surface area contributed by atoms with E-state index in [9.17, 15) is 0 Å². The second-order valence-corrected chi connectivity index (χ2v) is 6.86. The third-order valence-corrected chi connectivity index (χ3v) is 5.01. The predicted octanol–water partition coefficient (Wildman–Crippen LogP) is 3.93. The van der Waals surface area contributed by atoms with Crippen molar-refractivity contribution >= 4 is 35.6 Å². The molecular weight excluding hydrogens is 463 g/mol. The predicted molar refractivity (Wildman–Crippen MR) is 128 cm³/mol. The van der Waals surface area contributed by atoms with Crippen molar-refractivity contribution in [2.24, 2.45) is 4.99 Å². The highest BCUT2D eigenvalue weighted by molar-refractivity contribution is 14.0. The molecule has 0 amide bonds. The lowest BCUT2D eigenvalue weighted by atomic mass is 9.99. The number of benzene rings is 2. The monoisotopic (exact) mass is 494 g/mol. The largest absolute Gasteiger partial charge is 0.383 e. The third-order valence-electron chi connectivity index (χ3n) is 5.01. The van der Waals surface area contributed by atoms with Crippen LogP contribution in [0.4, 0.5) is 5.69 Å². The normalized spacial score (nSPS) is 16.6. The van der Waals surface area contributed by atoms with E-state index in [1.54, 1.807) is 7.11 Å². The number of likely N-dealkylation sites (tertiary alicyclic amines) is 1. The van der Waals surface area contributed by atoms with E-state index in [1.165, 1.54) is 17.5 Å². The van der Waals surface area contributed by atoms with Crippen LogP contribution in [0, 0.1) is 0 Å². The van der Waals surface area contributed by atoms with Gasteiger partial charge in [-0.25, -0.2) is 0 Å². The molecule has 0 radical (unpaired) electrons. The zero-order chi connectivity index (χ0) is 18.9. The Bertz CT molecular complexity index is 721. The number of anilines is 1. The van der Waals surface area contributed by atoms with Crippen LogP contribution in [0.1, 0.15) is 23.5 Å². The van der Waals surface area contributed by atoms with Crippen molar-refractivity contribution in [3.8, 4) is 0 Å². The first-order chi connectivity index (χ1) is 13.3. The summed E-state index contributed by atoms with van der Waals surface area (Å²) in [5.74, 6) is 1.57. The molecule has 3 rings (SSSR count). The van der Waals surface area contributed by atoms with Gasteiger partial charge in [-0.1, -0.05) is 42.5 Å². The highest BCUT2D eigenvalue weighted by Gasteiger charge is 2.25. The maximum absolute atomic E-state index is 5.06. The molecule has 0 aromatic heterocycles. The lowest BCUT2D eigenvalue weighted by molar-refractivity contribution is 0.211. The fourth-order valence-corrected chi connectivity index (χ4v) is 3.50. The molecule has 5 nitrogen and oxygen atoms in total. The van der Waals surface area contributed by atoms with E-state index in [0.717, 1.165) is 37.8 Å². The Morgan fingerprint density at radius 3 is 2.57 bits per heavy atom. The van der Waals surface area contributed by atoms with Crippen LogP contribution in [0.2, 0.25) is 0 Å². The smallest absolute Gasteiger partial charge is 0.193 e. The summed E-state index contributed by atoms with van der Waals surface area (Å²) in [5.41, 5.74) is 3.78. The number of nitrogens with one attached hydrogen (secondary N) is 2. The molecule has 2 aromatic carbocycles. The summed E-state index contributed by atoms with van der Waals surface area (Å²) in [6, 6.07) is 19.3. The van der Waals surface area contributed by atoms with Gasteiger partial charge in [0.15, 0.2) is 5.96 Å². The zero-order valence-corrected chi connectivity index (χ0v) is 19.1. The summed E-state index contributed by atoms with van der Waals surface area (Å²) in [4.78, 5) is 6.85. The molecule has 0 spiro atoms. The van der Waals surface area contributed by atoms with E-state index in [1.807, 2.05) is 7.05 Å². The number of hydrogen-bond donors (Lipinski definition) is 2. The van der Waals surface area contributed by atoms with E-state index in [0.29, 0.717) is 12.5 Å². The maximum Gasteiger partial charge on any atom is 0.193 e. The highest BCUT2D eigenvalue weighted by Crippen LogP contribution is 2.26. The van der Waals surface area contributed by atoms with Gasteiger partial charge in [-0.05, 0) is 29.7 Å². The molecular formula is C22H31IN4O. The second kappa shape index (κ2) is 11.9. The topological polar surface area (TPSA) is 48.9 Å². The first kappa shape index (κ1) is 22.5. The molecule has 0 bridgehead atoms. The number of ether oxygens (including phenoxy) is 1. The molecule has 1 saturated heterocycles. The zero-order valence-electron chi connectivity index (χ0n) is 16.7. The molecule has 2 N–H and O–H groups in total. The minimum absolute atomic E-state index is 0.